The number of carboxylic acid groups (broad SMARTS) is 1. The van der Waals surface area contributed by atoms with Crippen LogP contribution >= 0.6 is 11.6 Å². The smallest absolute Gasteiger partial charge is 0.337 e. The molecule has 0 amide bonds. The van der Waals surface area contributed by atoms with Crippen LogP contribution in [0.4, 0.5) is 5.69 Å². The van der Waals surface area contributed by atoms with Crippen molar-refractivity contribution in [3.05, 3.63) is 91.7 Å². The predicted molar refractivity (Wildman–Crippen MR) is 113 cm³/mol. The van der Waals surface area contributed by atoms with Crippen molar-refractivity contribution in [2.45, 2.75) is 13.5 Å². The Morgan fingerprint density at radius 1 is 1.27 bits per heavy atom. The molecular formula is C22H16ClN3O4. The second-order valence-electron chi connectivity index (χ2n) is 6.45. The molecule has 0 spiro atoms. The van der Waals surface area contributed by atoms with E-state index in [2.05, 4.69) is 4.99 Å². The molecule has 0 fully saturated rings. The molecule has 7 nitrogen and oxygen atoms in total. The Morgan fingerprint density at radius 3 is 2.60 bits per heavy atom. The minimum atomic E-state index is -1.20. The summed E-state index contributed by atoms with van der Waals surface area (Å²) < 4.78 is 1.10. The van der Waals surface area contributed by atoms with Crippen LogP contribution in [0, 0.1) is 18.3 Å². The summed E-state index contributed by atoms with van der Waals surface area (Å²) in [6, 6.07) is 15.1. The summed E-state index contributed by atoms with van der Waals surface area (Å²) in [6.07, 6.45) is 1.29. The van der Waals surface area contributed by atoms with E-state index in [0.29, 0.717) is 0 Å². The van der Waals surface area contributed by atoms with Crippen LogP contribution in [0.2, 0.25) is 5.02 Å². The molecular weight excluding hydrogens is 406 g/mol. The lowest BCUT2D eigenvalue weighted by Gasteiger charge is -2.14. The Morgan fingerprint density at radius 2 is 1.97 bits per heavy atom. The van der Waals surface area contributed by atoms with Crippen LogP contribution in [0.5, 0.6) is 5.88 Å². The number of aromatic nitrogens is 1. The van der Waals surface area contributed by atoms with Crippen molar-refractivity contribution in [1.82, 2.24) is 4.57 Å². The predicted octanol–water partition coefficient (Wildman–Crippen LogP) is 3.88. The maximum absolute atomic E-state index is 12.7. The van der Waals surface area contributed by atoms with Gasteiger partial charge in [-0.25, -0.2) is 4.79 Å². The third-order valence-electron chi connectivity index (χ3n) is 4.55. The first-order valence-corrected chi connectivity index (χ1v) is 9.18. The van der Waals surface area contributed by atoms with Crippen molar-refractivity contribution in [2.75, 3.05) is 0 Å². The highest BCUT2D eigenvalue weighted by atomic mass is 35.5. The van der Waals surface area contributed by atoms with Crippen molar-refractivity contribution in [3.63, 3.8) is 0 Å². The van der Waals surface area contributed by atoms with Crippen LogP contribution in [0.15, 0.2) is 58.3 Å². The van der Waals surface area contributed by atoms with E-state index in [1.165, 1.54) is 24.4 Å². The molecule has 0 radical (unpaired) electrons. The van der Waals surface area contributed by atoms with Gasteiger partial charge in [0.05, 0.1) is 28.4 Å². The first-order valence-electron chi connectivity index (χ1n) is 8.80. The van der Waals surface area contributed by atoms with Gasteiger partial charge in [0.15, 0.2) is 0 Å². The minimum absolute atomic E-state index is 0.0728. The number of aromatic carboxylic acids is 1. The summed E-state index contributed by atoms with van der Waals surface area (Å²) in [5, 5.41) is 29.5. The molecule has 2 aromatic carbocycles. The normalized spacial score (nSPS) is 10.8. The van der Waals surface area contributed by atoms with E-state index in [1.54, 1.807) is 31.2 Å². The zero-order valence-electron chi connectivity index (χ0n) is 15.8. The quantitative estimate of drug-likeness (QED) is 0.606. The van der Waals surface area contributed by atoms with Gasteiger partial charge in [0.25, 0.3) is 5.56 Å². The molecule has 150 valence electrons. The summed E-state index contributed by atoms with van der Waals surface area (Å²) >= 11 is 5.87. The van der Waals surface area contributed by atoms with Gasteiger partial charge in [0.2, 0.25) is 5.88 Å². The van der Waals surface area contributed by atoms with Crippen molar-refractivity contribution < 1.29 is 15.0 Å². The highest BCUT2D eigenvalue weighted by Crippen LogP contribution is 2.25. The number of carbonyl (C=O) groups is 1. The van der Waals surface area contributed by atoms with Crippen LogP contribution in [0.3, 0.4) is 0 Å². The highest BCUT2D eigenvalue weighted by Gasteiger charge is 2.18. The maximum Gasteiger partial charge on any atom is 0.337 e. The molecule has 2 N–H and O–H groups in total. The van der Waals surface area contributed by atoms with E-state index >= 15 is 0 Å². The molecule has 0 aliphatic carbocycles. The van der Waals surface area contributed by atoms with Crippen molar-refractivity contribution in [2.24, 2.45) is 4.99 Å². The molecule has 0 unspecified atom stereocenters. The Labute approximate surface area is 176 Å². The number of aliphatic imine (C=N–C) groups is 1. The SMILES string of the molecule is Cc1c(C=Nc2ccc(Cl)c(C(=O)O)c2)c(O)n(Cc2ccccc2)c(=O)c1C#N. The van der Waals surface area contributed by atoms with Crippen LogP contribution in [0.1, 0.15) is 32.6 Å². The maximum atomic E-state index is 12.7. The molecule has 1 heterocycles. The molecule has 3 rings (SSSR count). The van der Waals surface area contributed by atoms with Gasteiger partial charge >= 0.3 is 5.97 Å². The van der Waals surface area contributed by atoms with Crippen molar-refractivity contribution in [3.8, 4) is 11.9 Å². The topological polar surface area (TPSA) is 116 Å². The zero-order chi connectivity index (χ0) is 21.8. The number of halogens is 1. The first kappa shape index (κ1) is 20.8. The third-order valence-corrected chi connectivity index (χ3v) is 4.88. The second kappa shape index (κ2) is 8.64. The number of benzene rings is 2. The summed E-state index contributed by atoms with van der Waals surface area (Å²) in [4.78, 5) is 28.1. The molecule has 0 aliphatic heterocycles. The van der Waals surface area contributed by atoms with Gasteiger partial charge < -0.3 is 10.2 Å². The summed E-state index contributed by atoms with van der Waals surface area (Å²) in [7, 11) is 0. The lowest BCUT2D eigenvalue weighted by molar-refractivity contribution is 0.0697. The number of rotatable bonds is 5. The van der Waals surface area contributed by atoms with E-state index in [4.69, 9.17) is 11.6 Å². The van der Waals surface area contributed by atoms with Crippen LogP contribution in [-0.4, -0.2) is 27.0 Å². The molecule has 1 aromatic heterocycles. The number of nitrogens with zero attached hydrogens (tertiary/aromatic N) is 3. The lowest BCUT2D eigenvalue weighted by atomic mass is 10.1. The van der Waals surface area contributed by atoms with E-state index in [-0.39, 0.29) is 45.4 Å². The van der Waals surface area contributed by atoms with E-state index in [1.807, 2.05) is 12.1 Å². The first-order chi connectivity index (χ1) is 14.3. The molecule has 0 saturated heterocycles. The van der Waals surface area contributed by atoms with Gasteiger partial charge in [-0.3, -0.25) is 14.4 Å². The van der Waals surface area contributed by atoms with Gasteiger partial charge in [-0.05, 0) is 36.2 Å². The summed E-state index contributed by atoms with van der Waals surface area (Å²) in [5.74, 6) is -1.53. The molecule has 3 aromatic rings. The number of hydrogen-bond donors (Lipinski definition) is 2. The standard InChI is InChI=1S/C22H16ClN3O4/c1-13-17(10-24)20(27)26(12-14-5-3-2-4-6-14)21(28)18(13)11-25-15-7-8-19(23)16(9-15)22(29)30/h2-9,11,28H,12H2,1H3,(H,29,30). The van der Waals surface area contributed by atoms with Gasteiger partial charge in [-0.2, -0.15) is 5.26 Å². The van der Waals surface area contributed by atoms with E-state index in [0.717, 1.165) is 10.1 Å². The van der Waals surface area contributed by atoms with Crippen LogP contribution < -0.4 is 5.56 Å². The number of aromatic hydroxyl groups is 1. The fraction of sp³-hybridized carbons (Fsp3) is 0.0909. The second-order valence-corrected chi connectivity index (χ2v) is 6.86. The van der Waals surface area contributed by atoms with Crippen LogP contribution in [0.25, 0.3) is 0 Å². The van der Waals surface area contributed by atoms with Gasteiger partial charge in [0.1, 0.15) is 11.6 Å². The average Bonchev–Trinajstić information content (AvgIpc) is 2.73. The Kier molecular flexibility index (Phi) is 6.00. The van der Waals surface area contributed by atoms with Gasteiger partial charge in [-0.1, -0.05) is 41.9 Å². The highest BCUT2D eigenvalue weighted by molar-refractivity contribution is 6.33. The van der Waals surface area contributed by atoms with E-state index in [9.17, 15) is 25.1 Å². The largest absolute Gasteiger partial charge is 0.494 e. The summed E-state index contributed by atoms with van der Waals surface area (Å²) in [5.41, 5.74) is 0.707. The van der Waals surface area contributed by atoms with Gasteiger partial charge in [-0.15, -0.1) is 0 Å². The number of pyridine rings is 1. The summed E-state index contributed by atoms with van der Waals surface area (Å²) in [6.45, 7) is 1.61. The Bertz CT molecular complexity index is 1260. The molecule has 8 heteroatoms. The monoisotopic (exact) mass is 421 g/mol. The van der Waals surface area contributed by atoms with Crippen molar-refractivity contribution >= 4 is 29.5 Å². The van der Waals surface area contributed by atoms with Gasteiger partial charge in [0, 0.05) is 6.21 Å². The van der Waals surface area contributed by atoms with Crippen LogP contribution in [-0.2, 0) is 6.54 Å². The average molecular weight is 422 g/mol. The van der Waals surface area contributed by atoms with E-state index < -0.39 is 11.5 Å². The molecule has 0 saturated carbocycles. The number of hydrogen-bond acceptors (Lipinski definition) is 5. The number of nitriles is 1. The molecule has 30 heavy (non-hydrogen) atoms. The minimum Gasteiger partial charge on any atom is -0.494 e. The Balaban J connectivity index is 2.11. The fourth-order valence-corrected chi connectivity index (χ4v) is 3.13. The lowest BCUT2D eigenvalue weighted by Crippen LogP contribution is -2.25. The third kappa shape index (κ3) is 4.09. The Hall–Kier alpha value is -3.89. The fourth-order valence-electron chi connectivity index (χ4n) is 2.93. The number of carboxylic acids is 1. The molecule has 0 aliphatic rings. The van der Waals surface area contributed by atoms with Crippen molar-refractivity contribution in [1.29, 1.82) is 5.26 Å². The zero-order valence-corrected chi connectivity index (χ0v) is 16.6. The molecule has 0 atom stereocenters. The molecule has 0 bridgehead atoms.